The predicted molar refractivity (Wildman–Crippen MR) is 78.1 cm³/mol. The van der Waals surface area contributed by atoms with Gasteiger partial charge in [0.1, 0.15) is 0 Å². The van der Waals surface area contributed by atoms with Crippen molar-refractivity contribution in [3.63, 3.8) is 0 Å². The Morgan fingerprint density at radius 1 is 1.06 bits per heavy atom. The normalized spacial score (nSPS) is 13.6. The number of halogens is 2. The van der Waals surface area contributed by atoms with Crippen molar-refractivity contribution in [3.8, 4) is 0 Å². The molecule has 3 heteroatoms. The SMILES string of the molecule is CC(C)(C)P(c1cc[c-](Cl)c1Cl)C(C)(C)C. The molecule has 0 aliphatic carbocycles. The summed E-state index contributed by atoms with van der Waals surface area (Å²) in [6.45, 7) is 13.7. The van der Waals surface area contributed by atoms with Crippen LogP contribution in [0.25, 0.3) is 0 Å². The molecule has 0 saturated carbocycles. The molecule has 92 valence electrons. The lowest BCUT2D eigenvalue weighted by Gasteiger charge is -2.45. The summed E-state index contributed by atoms with van der Waals surface area (Å²) in [7, 11) is -0.354. The smallest absolute Gasteiger partial charge is 0.0248 e. The Labute approximate surface area is 110 Å². The standard InChI is InChI=1S/C13H20Cl2P/c1-12(2,3)16(13(4,5)6)10-8-7-9(14)11(10)15/h7-8H,1-6H3/q-1. The van der Waals surface area contributed by atoms with Crippen molar-refractivity contribution in [2.45, 2.75) is 51.9 Å². The Morgan fingerprint density at radius 2 is 1.50 bits per heavy atom. The van der Waals surface area contributed by atoms with E-state index in [1.807, 2.05) is 6.07 Å². The molecule has 0 aromatic heterocycles. The van der Waals surface area contributed by atoms with Crippen molar-refractivity contribution in [2.24, 2.45) is 0 Å². The topological polar surface area (TPSA) is 0 Å². The van der Waals surface area contributed by atoms with Gasteiger partial charge in [-0.2, -0.15) is 23.0 Å². The molecular weight excluding hydrogens is 258 g/mol. The summed E-state index contributed by atoms with van der Waals surface area (Å²) in [5.41, 5.74) is 0. The molecule has 0 unspecified atom stereocenters. The minimum absolute atomic E-state index is 0.231. The van der Waals surface area contributed by atoms with E-state index in [4.69, 9.17) is 23.2 Å². The van der Waals surface area contributed by atoms with Gasteiger partial charge in [0, 0.05) is 0 Å². The predicted octanol–water partition coefficient (Wildman–Crippen LogP) is 5.42. The fraction of sp³-hybridized carbons (Fsp3) is 0.615. The molecule has 1 aromatic rings. The first-order chi connectivity index (χ1) is 7.05. The lowest BCUT2D eigenvalue weighted by molar-refractivity contribution is 0.715. The van der Waals surface area contributed by atoms with Crippen molar-refractivity contribution in [3.05, 3.63) is 22.2 Å². The average Bonchev–Trinajstić information content (AvgIpc) is 2.31. The van der Waals surface area contributed by atoms with Crippen LogP contribution in [0.5, 0.6) is 0 Å². The van der Waals surface area contributed by atoms with Gasteiger partial charge in [0.2, 0.25) is 0 Å². The molecule has 0 saturated heterocycles. The maximum atomic E-state index is 6.30. The molecule has 0 amide bonds. The Bertz CT molecular complexity index is 352. The molecule has 1 aromatic carbocycles. The van der Waals surface area contributed by atoms with Gasteiger partial charge in [0.15, 0.2) is 0 Å². The summed E-state index contributed by atoms with van der Waals surface area (Å²) in [4.78, 5) is 0. The van der Waals surface area contributed by atoms with E-state index in [1.165, 1.54) is 5.30 Å². The Morgan fingerprint density at radius 3 is 1.75 bits per heavy atom. The van der Waals surface area contributed by atoms with Crippen LogP contribution in [0.2, 0.25) is 10.0 Å². The quantitative estimate of drug-likeness (QED) is 0.475. The van der Waals surface area contributed by atoms with Crippen molar-refractivity contribution < 1.29 is 0 Å². The second-order valence-corrected chi connectivity index (χ2v) is 10.7. The molecule has 0 atom stereocenters. The van der Waals surface area contributed by atoms with E-state index in [1.54, 1.807) is 0 Å². The first-order valence-corrected chi connectivity index (χ1v) is 7.56. The zero-order chi connectivity index (χ0) is 12.7. The summed E-state index contributed by atoms with van der Waals surface area (Å²) in [5.74, 6) is 0. The third-order valence-corrected chi connectivity index (χ3v) is 6.89. The minimum Gasteiger partial charge on any atom is -0.203 e. The maximum Gasteiger partial charge on any atom is -0.0248 e. The molecule has 0 aliphatic rings. The summed E-state index contributed by atoms with van der Waals surface area (Å²) < 4.78 is 0. The van der Waals surface area contributed by atoms with Crippen molar-refractivity contribution in [2.75, 3.05) is 0 Å². The minimum atomic E-state index is -0.354. The second kappa shape index (κ2) is 4.56. The molecule has 0 spiro atoms. The van der Waals surface area contributed by atoms with Crippen molar-refractivity contribution in [1.29, 1.82) is 0 Å². The number of hydrogen-bond acceptors (Lipinski definition) is 0. The molecule has 1 rings (SSSR count). The van der Waals surface area contributed by atoms with E-state index in [0.29, 0.717) is 5.02 Å². The van der Waals surface area contributed by atoms with Gasteiger partial charge in [-0.25, -0.2) is 6.07 Å². The van der Waals surface area contributed by atoms with Crippen LogP contribution in [0, 0.1) is 0 Å². The molecule has 0 heterocycles. The van der Waals surface area contributed by atoms with Crippen LogP contribution in [0.3, 0.4) is 0 Å². The molecule has 0 fully saturated rings. The summed E-state index contributed by atoms with van der Waals surface area (Å²) >= 11 is 12.4. The monoisotopic (exact) mass is 277 g/mol. The van der Waals surface area contributed by atoms with E-state index in [9.17, 15) is 0 Å². The zero-order valence-electron chi connectivity index (χ0n) is 10.9. The third-order valence-electron chi connectivity index (χ3n) is 2.40. The molecule has 0 aliphatic heterocycles. The van der Waals surface area contributed by atoms with Gasteiger partial charge in [0.05, 0.1) is 0 Å². The van der Waals surface area contributed by atoms with E-state index < -0.39 is 0 Å². The third kappa shape index (κ3) is 2.97. The molecule has 0 radical (unpaired) electrons. The number of hydrogen-bond donors (Lipinski definition) is 0. The highest BCUT2D eigenvalue weighted by atomic mass is 35.5. The van der Waals surface area contributed by atoms with E-state index in [0.717, 1.165) is 5.02 Å². The lowest BCUT2D eigenvalue weighted by atomic mass is 10.2. The van der Waals surface area contributed by atoms with E-state index >= 15 is 0 Å². The lowest BCUT2D eigenvalue weighted by Crippen LogP contribution is -2.30. The van der Waals surface area contributed by atoms with Gasteiger partial charge in [0.25, 0.3) is 0 Å². The first kappa shape index (κ1) is 14.4. The van der Waals surface area contributed by atoms with Crippen LogP contribution in [0.4, 0.5) is 0 Å². The van der Waals surface area contributed by atoms with Gasteiger partial charge in [-0.05, 0) is 10.3 Å². The highest BCUT2D eigenvalue weighted by Crippen LogP contribution is 2.59. The average molecular weight is 278 g/mol. The van der Waals surface area contributed by atoms with Gasteiger partial charge in [-0.1, -0.05) is 51.6 Å². The fourth-order valence-corrected chi connectivity index (χ4v) is 6.93. The van der Waals surface area contributed by atoms with Crippen LogP contribution < -0.4 is 5.30 Å². The summed E-state index contributed by atoms with van der Waals surface area (Å²) in [6, 6.07) is 4.00. The van der Waals surface area contributed by atoms with Gasteiger partial charge >= 0.3 is 0 Å². The van der Waals surface area contributed by atoms with Gasteiger partial charge in [-0.15, -0.1) is 19.5 Å². The highest BCUT2D eigenvalue weighted by molar-refractivity contribution is 7.68. The zero-order valence-corrected chi connectivity index (χ0v) is 13.3. The molecule has 0 nitrogen and oxygen atoms in total. The molecular formula is C13H20Cl2P-. The van der Waals surface area contributed by atoms with Crippen molar-refractivity contribution >= 4 is 36.4 Å². The highest BCUT2D eigenvalue weighted by Gasteiger charge is 2.32. The second-order valence-electron chi connectivity index (χ2n) is 6.06. The Kier molecular flexibility index (Phi) is 4.11. The maximum absolute atomic E-state index is 6.30. The summed E-state index contributed by atoms with van der Waals surface area (Å²) in [6.07, 6.45) is 0. The van der Waals surface area contributed by atoms with Gasteiger partial charge in [-0.3, -0.25) is 0 Å². The fourth-order valence-electron chi connectivity index (χ4n) is 2.32. The molecule has 0 bridgehead atoms. The molecule has 16 heavy (non-hydrogen) atoms. The van der Waals surface area contributed by atoms with Crippen LogP contribution in [0.1, 0.15) is 41.5 Å². The van der Waals surface area contributed by atoms with Crippen LogP contribution >= 0.6 is 31.1 Å². The Balaban J connectivity index is 3.29. The summed E-state index contributed by atoms with van der Waals surface area (Å²) in [5, 5.41) is 3.13. The van der Waals surface area contributed by atoms with Crippen molar-refractivity contribution in [1.82, 2.24) is 0 Å². The van der Waals surface area contributed by atoms with Crippen LogP contribution in [0.15, 0.2) is 12.1 Å². The Hall–Kier alpha value is 0.360. The van der Waals surface area contributed by atoms with Crippen LogP contribution in [-0.4, -0.2) is 10.3 Å². The van der Waals surface area contributed by atoms with E-state index in [-0.39, 0.29) is 18.2 Å². The largest absolute Gasteiger partial charge is 0.203 e. The number of rotatable bonds is 1. The van der Waals surface area contributed by atoms with E-state index in [2.05, 4.69) is 47.6 Å². The van der Waals surface area contributed by atoms with Gasteiger partial charge < -0.3 is 0 Å². The molecule has 0 N–H and O–H groups in total. The van der Waals surface area contributed by atoms with Crippen LogP contribution in [-0.2, 0) is 0 Å². The first-order valence-electron chi connectivity index (χ1n) is 5.46.